The van der Waals surface area contributed by atoms with E-state index in [2.05, 4.69) is 0 Å². The molecule has 0 aliphatic rings. The fraction of sp³-hybridized carbons (Fsp3) is 0. The number of rotatable bonds is 0. The average Bonchev–Trinajstić information content (AvgIpc) is 0.811. The van der Waals surface area contributed by atoms with Crippen LogP contribution in [-0.4, -0.2) is 0 Å². The zero-order chi connectivity index (χ0) is 3.58. The van der Waals surface area contributed by atoms with Crippen LogP contribution < -0.4 is 0 Å². The van der Waals surface area contributed by atoms with Crippen molar-refractivity contribution >= 4 is 36.3 Å². The first-order valence-electron chi connectivity index (χ1n) is 0.513. The second kappa shape index (κ2) is 9.14. The van der Waals surface area contributed by atoms with Gasteiger partial charge in [0.1, 0.15) is 0 Å². The fourth-order valence-corrected chi connectivity index (χ4v) is 0. The first-order valence-corrected chi connectivity index (χ1v) is 1.54. The third-order valence-corrected chi connectivity index (χ3v) is 0. The average molecular weight is 158 g/mol. The molecule has 0 aromatic carbocycles. The summed E-state index contributed by atoms with van der Waals surface area (Å²) in [7, 11) is 0. The highest BCUT2D eigenvalue weighted by Crippen LogP contribution is 1.77. The molecule has 1 N–H and O–H groups in total. The van der Waals surface area contributed by atoms with Gasteiger partial charge < -0.3 is 0 Å². The van der Waals surface area contributed by atoms with Crippen LogP contribution in [-0.2, 0) is 11.5 Å². The van der Waals surface area contributed by atoms with Gasteiger partial charge in [0, 0.05) is 0 Å². The number of nitrogens with one attached hydrogen (secondary N) is 1. The Hall–Kier alpha value is 0.590. The third kappa shape index (κ3) is 170. The van der Waals surface area contributed by atoms with E-state index in [-0.39, 0.29) is 24.8 Å². The minimum atomic E-state index is -3.11. The number of hydrogen-bond acceptors (Lipinski definition) is 1. The molecular weight excluding hydrogens is 155 g/mol. The van der Waals surface area contributed by atoms with Gasteiger partial charge in [-0.15, -0.1) is 32.6 Å². The van der Waals surface area contributed by atoms with Crippen LogP contribution in [0, 0.1) is 4.78 Å². The van der Waals surface area contributed by atoms with Crippen molar-refractivity contribution < 1.29 is 7.77 Å². The molecule has 6 heteroatoms. The van der Waals surface area contributed by atoms with E-state index in [1.165, 1.54) is 0 Å². The second-order valence-corrected chi connectivity index (χ2v) is 0.638. The van der Waals surface area contributed by atoms with Gasteiger partial charge in [0.05, 0.1) is 0 Å². The molecule has 0 saturated heterocycles. The summed E-state index contributed by atoms with van der Waals surface area (Å²) >= 11 is -3.11. The van der Waals surface area contributed by atoms with Gasteiger partial charge >= 0.3 is 0 Å². The summed E-state index contributed by atoms with van der Waals surface area (Å²) < 4.78 is 25.3. The highest BCUT2D eigenvalue weighted by molar-refractivity contribution is 7.75. The largest absolute Gasteiger partial charge is 0.258 e. The van der Waals surface area contributed by atoms with Gasteiger partial charge in [0.15, 0.2) is 0 Å². The highest BCUT2D eigenvalue weighted by Gasteiger charge is 1.65. The minimum Gasteiger partial charge on any atom is -0.222 e. The van der Waals surface area contributed by atoms with E-state index in [1.54, 1.807) is 0 Å². The lowest BCUT2D eigenvalue weighted by Gasteiger charge is -1.53. The van der Waals surface area contributed by atoms with Crippen LogP contribution in [0.5, 0.6) is 0 Å². The lowest BCUT2D eigenvalue weighted by Crippen LogP contribution is -1.42. The van der Waals surface area contributed by atoms with Crippen molar-refractivity contribution in [1.29, 1.82) is 4.78 Å². The van der Waals surface area contributed by atoms with Gasteiger partial charge in [-0.05, 0) is 0 Å². The molecule has 0 amide bonds. The summed E-state index contributed by atoms with van der Waals surface area (Å²) in [6, 6.07) is 0. The van der Waals surface area contributed by atoms with E-state index in [0.29, 0.717) is 0 Å². The van der Waals surface area contributed by atoms with E-state index in [4.69, 9.17) is 4.78 Å². The molecule has 1 nitrogen and oxygen atoms in total. The summed E-state index contributed by atoms with van der Waals surface area (Å²) in [4.78, 5) is 0. The molecule has 6 heavy (non-hydrogen) atoms. The van der Waals surface area contributed by atoms with Crippen LogP contribution in [0.1, 0.15) is 0 Å². The van der Waals surface area contributed by atoms with Gasteiger partial charge in [-0.3, -0.25) is 0 Å². The van der Waals surface area contributed by atoms with Crippen molar-refractivity contribution in [2.75, 3.05) is 0 Å². The normalized spacial score (nSPS) is 5.83. The zero-order valence-electron chi connectivity index (χ0n) is 2.48. The molecule has 0 radical (unpaired) electrons. The third-order valence-electron chi connectivity index (χ3n) is 0. The van der Waals surface area contributed by atoms with Crippen molar-refractivity contribution in [3.8, 4) is 0 Å². The van der Waals surface area contributed by atoms with E-state index in [9.17, 15) is 7.77 Å². The molecule has 0 bridgehead atoms. The van der Waals surface area contributed by atoms with Gasteiger partial charge in [0.25, 0.3) is 11.5 Å². The van der Waals surface area contributed by atoms with Crippen LogP contribution in [0.15, 0.2) is 0 Å². The fourth-order valence-electron chi connectivity index (χ4n) is 0. The summed E-state index contributed by atoms with van der Waals surface area (Å²) in [6.07, 6.45) is 0. The zero-order valence-corrected chi connectivity index (χ0v) is 4.93. The Morgan fingerprint density at radius 2 is 1.17 bits per heavy atom. The Morgan fingerprint density at radius 1 is 1.17 bits per heavy atom. The molecule has 0 aliphatic heterocycles. The molecule has 0 fully saturated rings. The number of hydrogen-bond donors (Lipinski definition) is 1. The van der Waals surface area contributed by atoms with Crippen molar-refractivity contribution in [3.05, 3.63) is 0 Å². The Balaban J connectivity index is -0.0000000450. The lowest BCUT2D eigenvalue weighted by atomic mass is 14.0. The minimum absolute atomic E-state index is 0. The highest BCUT2D eigenvalue weighted by atomic mass is 35.5. The van der Waals surface area contributed by atoms with Gasteiger partial charge in [0.2, 0.25) is 0 Å². The molecule has 0 rings (SSSR count). The predicted molar refractivity (Wildman–Crippen MR) is 26.8 cm³/mol. The molecule has 0 unspecified atom stereocenters. The van der Waals surface area contributed by atoms with Crippen LogP contribution in [0.4, 0.5) is 7.77 Å². The molecule has 0 saturated carbocycles. The molecule has 0 aliphatic carbocycles. The van der Waals surface area contributed by atoms with Crippen LogP contribution >= 0.6 is 24.8 Å². The Kier molecular flexibility index (Phi) is 24.3. The maximum atomic E-state index is 10.0. The molecule has 42 valence electrons. The summed E-state index contributed by atoms with van der Waals surface area (Å²) in [5.74, 6) is 0. The smallest absolute Gasteiger partial charge is 0.222 e. The summed E-state index contributed by atoms with van der Waals surface area (Å²) in [5, 5.41) is 0. The molecule has 0 aromatic heterocycles. The van der Waals surface area contributed by atoms with Crippen molar-refractivity contribution in [3.63, 3.8) is 0 Å². The number of halogens is 4. The Labute approximate surface area is 49.4 Å². The monoisotopic (exact) mass is 157 g/mol. The van der Waals surface area contributed by atoms with Crippen LogP contribution in [0.3, 0.4) is 0 Å². The SMILES string of the molecule is Cl.Cl.N=S(F)F. The maximum Gasteiger partial charge on any atom is 0.258 e. The van der Waals surface area contributed by atoms with E-state index >= 15 is 0 Å². The maximum absolute atomic E-state index is 10.0. The summed E-state index contributed by atoms with van der Waals surface area (Å²) in [5.41, 5.74) is 0. The Morgan fingerprint density at radius 3 is 1.17 bits per heavy atom. The summed E-state index contributed by atoms with van der Waals surface area (Å²) in [6.45, 7) is 0. The van der Waals surface area contributed by atoms with Crippen LogP contribution in [0.2, 0.25) is 0 Å². The van der Waals surface area contributed by atoms with Gasteiger partial charge in [-0.25, -0.2) is 4.78 Å². The van der Waals surface area contributed by atoms with Crippen LogP contribution in [0.25, 0.3) is 0 Å². The first-order chi connectivity index (χ1) is 1.73. The first kappa shape index (κ1) is 16.0. The molecule has 0 spiro atoms. The molecule has 0 aromatic rings. The van der Waals surface area contributed by atoms with Gasteiger partial charge in [-0.1, -0.05) is 0 Å². The molecular formula is H3Cl2F2NS. The van der Waals surface area contributed by atoms with Crippen molar-refractivity contribution in [2.45, 2.75) is 0 Å². The van der Waals surface area contributed by atoms with E-state index in [0.717, 1.165) is 0 Å². The molecule has 0 atom stereocenters. The molecule has 0 heterocycles. The Bertz CT molecular complexity index is 34.5. The van der Waals surface area contributed by atoms with Gasteiger partial charge in [-0.2, -0.15) is 0 Å². The predicted octanol–water partition coefficient (Wildman–Crippen LogP) is 1.98. The lowest BCUT2D eigenvalue weighted by molar-refractivity contribution is 0.780. The second-order valence-electron chi connectivity index (χ2n) is 0.213. The van der Waals surface area contributed by atoms with E-state index in [1.807, 2.05) is 0 Å². The van der Waals surface area contributed by atoms with Crippen molar-refractivity contribution in [2.24, 2.45) is 0 Å². The standard InChI is InChI=1S/2ClH.F2HNS/c;;1-4(2)3/h2*1H;3H. The van der Waals surface area contributed by atoms with Crippen molar-refractivity contribution in [1.82, 2.24) is 0 Å². The van der Waals surface area contributed by atoms with E-state index < -0.39 is 11.5 Å². The quantitative estimate of drug-likeness (QED) is 0.557. The topological polar surface area (TPSA) is 23.9 Å².